The minimum atomic E-state index is -0.115. The van der Waals surface area contributed by atoms with Crippen molar-refractivity contribution in [2.75, 3.05) is 0 Å². The number of aryl methyl sites for hydroxylation is 2. The van der Waals surface area contributed by atoms with Crippen molar-refractivity contribution in [3.8, 4) is 0 Å². The van der Waals surface area contributed by atoms with Crippen LogP contribution in [0.15, 0.2) is 4.47 Å². The highest BCUT2D eigenvalue weighted by Gasteiger charge is 2.16. The molecule has 15 heavy (non-hydrogen) atoms. The van der Waals surface area contributed by atoms with Gasteiger partial charge in [-0.1, -0.05) is 6.92 Å². The van der Waals surface area contributed by atoms with Crippen LogP contribution in [0.5, 0.6) is 0 Å². The van der Waals surface area contributed by atoms with E-state index in [2.05, 4.69) is 48.7 Å². The second kappa shape index (κ2) is 4.66. The van der Waals surface area contributed by atoms with Crippen molar-refractivity contribution in [2.45, 2.75) is 46.3 Å². The molecule has 0 saturated carbocycles. The Kier molecular flexibility index (Phi) is 3.95. The lowest BCUT2D eigenvalue weighted by atomic mass is 10.2. The van der Waals surface area contributed by atoms with E-state index >= 15 is 0 Å². The molecule has 86 valence electrons. The molecule has 1 rings (SSSR count). The van der Waals surface area contributed by atoms with Gasteiger partial charge in [-0.05, 0) is 43.1 Å². The van der Waals surface area contributed by atoms with Crippen molar-refractivity contribution in [2.24, 2.45) is 7.05 Å². The summed E-state index contributed by atoms with van der Waals surface area (Å²) >= 11 is 3.57. The van der Waals surface area contributed by atoms with Gasteiger partial charge in [0.25, 0.3) is 0 Å². The van der Waals surface area contributed by atoms with Gasteiger partial charge in [0.15, 0.2) is 0 Å². The molecule has 0 fully saturated rings. The third-order valence-electron chi connectivity index (χ3n) is 2.14. The summed E-state index contributed by atoms with van der Waals surface area (Å²) in [6, 6.07) is 0. The third kappa shape index (κ3) is 3.31. The number of hydrogen-bond acceptors (Lipinski definition) is 2. The zero-order valence-electron chi connectivity index (χ0n) is 10.1. The summed E-state index contributed by atoms with van der Waals surface area (Å²) in [7, 11) is 1.95. The molecule has 4 heteroatoms. The summed E-state index contributed by atoms with van der Waals surface area (Å²) in [5.41, 5.74) is 2.07. The zero-order valence-corrected chi connectivity index (χ0v) is 11.7. The first kappa shape index (κ1) is 12.7. The van der Waals surface area contributed by atoms with Crippen LogP contribution in [-0.4, -0.2) is 15.4 Å². The number of ether oxygens (including phenoxy) is 1. The van der Waals surface area contributed by atoms with Crippen LogP contribution in [0.1, 0.15) is 39.1 Å². The van der Waals surface area contributed by atoms with Crippen LogP contribution in [-0.2, 0) is 24.8 Å². The van der Waals surface area contributed by atoms with Gasteiger partial charge in [-0.3, -0.25) is 4.68 Å². The van der Waals surface area contributed by atoms with E-state index in [0.29, 0.717) is 6.61 Å². The van der Waals surface area contributed by atoms with Crippen LogP contribution >= 0.6 is 15.9 Å². The molecule has 0 aromatic carbocycles. The Morgan fingerprint density at radius 1 is 1.40 bits per heavy atom. The van der Waals surface area contributed by atoms with Crippen LogP contribution in [0.2, 0.25) is 0 Å². The highest BCUT2D eigenvalue weighted by molar-refractivity contribution is 9.10. The van der Waals surface area contributed by atoms with Crippen molar-refractivity contribution in [1.29, 1.82) is 0 Å². The summed E-state index contributed by atoms with van der Waals surface area (Å²) in [6.45, 7) is 8.85. The molecule has 0 aliphatic rings. The molecule has 0 radical (unpaired) electrons. The van der Waals surface area contributed by atoms with Gasteiger partial charge < -0.3 is 4.74 Å². The molecule has 1 aromatic rings. The predicted molar refractivity (Wildman–Crippen MR) is 64.8 cm³/mol. The second-order valence-electron chi connectivity index (χ2n) is 4.59. The molecule has 0 bridgehead atoms. The van der Waals surface area contributed by atoms with E-state index < -0.39 is 0 Å². The van der Waals surface area contributed by atoms with Crippen molar-refractivity contribution in [1.82, 2.24) is 9.78 Å². The lowest BCUT2D eigenvalue weighted by Crippen LogP contribution is -2.19. The van der Waals surface area contributed by atoms with Crippen molar-refractivity contribution < 1.29 is 4.74 Å². The first-order valence-corrected chi connectivity index (χ1v) is 5.98. The minimum Gasteiger partial charge on any atom is -0.370 e. The van der Waals surface area contributed by atoms with Gasteiger partial charge >= 0.3 is 0 Å². The van der Waals surface area contributed by atoms with Crippen LogP contribution in [0.25, 0.3) is 0 Å². The van der Waals surface area contributed by atoms with E-state index in [9.17, 15) is 0 Å². The molecule has 0 unspecified atom stereocenters. The Morgan fingerprint density at radius 2 is 2.00 bits per heavy atom. The number of hydrogen-bond donors (Lipinski definition) is 0. The normalized spacial score (nSPS) is 12.1. The van der Waals surface area contributed by atoms with Gasteiger partial charge in [-0.2, -0.15) is 5.10 Å². The zero-order chi connectivity index (χ0) is 11.6. The first-order chi connectivity index (χ1) is 6.85. The molecule has 0 aliphatic carbocycles. The van der Waals surface area contributed by atoms with E-state index in [0.717, 1.165) is 22.3 Å². The van der Waals surface area contributed by atoms with Gasteiger partial charge in [0.2, 0.25) is 0 Å². The van der Waals surface area contributed by atoms with Crippen LogP contribution in [0.4, 0.5) is 0 Å². The molecular weight excluding hydrogens is 256 g/mol. The molecule has 0 amide bonds. The van der Waals surface area contributed by atoms with E-state index in [-0.39, 0.29) is 5.60 Å². The summed E-state index contributed by atoms with van der Waals surface area (Å²) in [5.74, 6) is 0. The number of halogens is 1. The molecule has 0 atom stereocenters. The Hall–Kier alpha value is -0.350. The van der Waals surface area contributed by atoms with Crippen molar-refractivity contribution >= 4 is 15.9 Å². The topological polar surface area (TPSA) is 27.1 Å². The van der Waals surface area contributed by atoms with Crippen LogP contribution in [0.3, 0.4) is 0 Å². The Labute approximate surface area is 99.9 Å². The lowest BCUT2D eigenvalue weighted by Gasteiger charge is -2.19. The highest BCUT2D eigenvalue weighted by Crippen LogP contribution is 2.23. The SMILES string of the molecule is CCc1nn(C)c(COC(C)(C)C)c1Br. The summed E-state index contributed by atoms with van der Waals surface area (Å²) in [5, 5.41) is 4.42. The van der Waals surface area contributed by atoms with Gasteiger partial charge in [-0.15, -0.1) is 0 Å². The average molecular weight is 275 g/mol. The molecule has 3 nitrogen and oxygen atoms in total. The first-order valence-electron chi connectivity index (χ1n) is 5.19. The molecule has 1 heterocycles. The maximum absolute atomic E-state index is 5.74. The monoisotopic (exact) mass is 274 g/mol. The van der Waals surface area contributed by atoms with E-state index in [1.54, 1.807) is 0 Å². The van der Waals surface area contributed by atoms with Crippen molar-refractivity contribution in [3.05, 3.63) is 15.9 Å². The molecule has 0 saturated heterocycles. The Morgan fingerprint density at radius 3 is 2.40 bits per heavy atom. The summed E-state index contributed by atoms with van der Waals surface area (Å²) in [4.78, 5) is 0. The van der Waals surface area contributed by atoms with Gasteiger partial charge in [0, 0.05) is 7.05 Å². The fraction of sp³-hybridized carbons (Fsp3) is 0.727. The molecule has 0 aliphatic heterocycles. The fourth-order valence-electron chi connectivity index (χ4n) is 1.26. The summed E-state index contributed by atoms with van der Waals surface area (Å²) < 4.78 is 8.71. The fourth-order valence-corrected chi connectivity index (χ4v) is 1.99. The highest BCUT2D eigenvalue weighted by atomic mass is 79.9. The Balaban J connectivity index is 2.81. The number of rotatable bonds is 3. The molecule has 0 N–H and O–H groups in total. The Bertz CT molecular complexity index is 339. The van der Waals surface area contributed by atoms with E-state index in [4.69, 9.17) is 4.74 Å². The van der Waals surface area contributed by atoms with E-state index in [1.165, 1.54) is 0 Å². The quantitative estimate of drug-likeness (QED) is 0.847. The van der Waals surface area contributed by atoms with Crippen LogP contribution < -0.4 is 0 Å². The predicted octanol–water partition coefficient (Wildman–Crippen LogP) is 3.06. The average Bonchev–Trinajstić information content (AvgIpc) is 2.37. The van der Waals surface area contributed by atoms with Gasteiger partial charge in [-0.25, -0.2) is 0 Å². The van der Waals surface area contributed by atoms with E-state index in [1.807, 2.05) is 11.7 Å². The molecule has 0 spiro atoms. The standard InChI is InChI=1S/C11H19BrN2O/c1-6-8-10(12)9(14(5)13-8)7-15-11(2,3)4/h6-7H2,1-5H3. The lowest BCUT2D eigenvalue weighted by molar-refractivity contribution is -0.0179. The van der Waals surface area contributed by atoms with Crippen molar-refractivity contribution in [3.63, 3.8) is 0 Å². The second-order valence-corrected chi connectivity index (χ2v) is 5.38. The largest absolute Gasteiger partial charge is 0.370 e. The smallest absolute Gasteiger partial charge is 0.0903 e. The number of aromatic nitrogens is 2. The maximum atomic E-state index is 5.74. The molecule has 1 aromatic heterocycles. The maximum Gasteiger partial charge on any atom is 0.0903 e. The third-order valence-corrected chi connectivity index (χ3v) is 3.06. The van der Waals surface area contributed by atoms with Gasteiger partial charge in [0.05, 0.1) is 28.1 Å². The van der Waals surface area contributed by atoms with Gasteiger partial charge in [0.1, 0.15) is 0 Å². The molecular formula is C11H19BrN2O. The number of nitrogens with zero attached hydrogens (tertiary/aromatic N) is 2. The minimum absolute atomic E-state index is 0.115. The van der Waals surface area contributed by atoms with Crippen LogP contribution in [0, 0.1) is 0 Å². The summed E-state index contributed by atoms with van der Waals surface area (Å²) in [6.07, 6.45) is 0.934.